The maximum atomic E-state index is 12.5. The molecule has 3 amide bonds. The third-order valence-corrected chi connectivity index (χ3v) is 4.85. The van der Waals surface area contributed by atoms with Gasteiger partial charge in [-0.25, -0.2) is 4.79 Å². The summed E-state index contributed by atoms with van der Waals surface area (Å²) in [7, 11) is 3.65. The fraction of sp³-hybridized carbons (Fsp3) is 0.474. The molecule has 1 unspecified atom stereocenters. The highest BCUT2D eigenvalue weighted by molar-refractivity contribution is 6.14. The molecule has 2 aliphatic rings. The van der Waals surface area contributed by atoms with Gasteiger partial charge in [-0.1, -0.05) is 12.1 Å². The van der Waals surface area contributed by atoms with Crippen molar-refractivity contribution in [3.8, 4) is 5.75 Å². The number of amides is 3. The van der Waals surface area contributed by atoms with E-state index >= 15 is 0 Å². The summed E-state index contributed by atoms with van der Waals surface area (Å²) in [5.74, 6) is 0.292. The van der Waals surface area contributed by atoms with Crippen LogP contribution < -0.4 is 10.1 Å². The molecular weight excluding hydrogens is 348 g/mol. The van der Waals surface area contributed by atoms with E-state index in [1.54, 1.807) is 37.5 Å². The van der Waals surface area contributed by atoms with Crippen LogP contribution in [0.1, 0.15) is 5.56 Å². The second-order valence-corrected chi connectivity index (χ2v) is 6.93. The third-order valence-electron chi connectivity index (χ3n) is 4.85. The zero-order valence-corrected chi connectivity index (χ0v) is 15.7. The number of aliphatic hydroxyl groups is 1. The lowest BCUT2D eigenvalue weighted by molar-refractivity contribution is -0.124. The Hall–Kier alpha value is -2.42. The van der Waals surface area contributed by atoms with Crippen molar-refractivity contribution in [3.05, 3.63) is 35.5 Å². The van der Waals surface area contributed by atoms with Crippen molar-refractivity contribution in [3.63, 3.8) is 0 Å². The van der Waals surface area contributed by atoms with E-state index in [0.717, 1.165) is 36.6 Å². The van der Waals surface area contributed by atoms with Crippen molar-refractivity contribution in [1.29, 1.82) is 0 Å². The summed E-state index contributed by atoms with van der Waals surface area (Å²) in [5, 5.41) is 12.9. The van der Waals surface area contributed by atoms with Gasteiger partial charge in [-0.3, -0.25) is 14.6 Å². The number of carbonyl (C=O) groups is 2. The van der Waals surface area contributed by atoms with Crippen LogP contribution in [-0.2, 0) is 4.79 Å². The van der Waals surface area contributed by atoms with Crippen LogP contribution in [0.3, 0.4) is 0 Å². The van der Waals surface area contributed by atoms with Crippen molar-refractivity contribution < 1.29 is 19.4 Å². The number of aliphatic hydroxyl groups excluding tert-OH is 1. The van der Waals surface area contributed by atoms with E-state index in [1.807, 2.05) is 0 Å². The van der Waals surface area contributed by atoms with Crippen LogP contribution in [-0.4, -0.2) is 91.3 Å². The number of rotatable bonds is 6. The Balaban J connectivity index is 1.59. The maximum absolute atomic E-state index is 12.5. The first-order chi connectivity index (χ1) is 13.0. The molecule has 3 rings (SSSR count). The predicted molar refractivity (Wildman–Crippen MR) is 101 cm³/mol. The molecule has 0 radical (unpaired) electrons. The fourth-order valence-electron chi connectivity index (χ4n) is 3.20. The van der Waals surface area contributed by atoms with Gasteiger partial charge in [-0.05, 0) is 30.8 Å². The van der Waals surface area contributed by atoms with Gasteiger partial charge >= 0.3 is 6.03 Å². The molecule has 1 aromatic carbocycles. The van der Waals surface area contributed by atoms with E-state index in [9.17, 15) is 14.7 Å². The summed E-state index contributed by atoms with van der Waals surface area (Å²) >= 11 is 0. The molecule has 2 aliphatic heterocycles. The van der Waals surface area contributed by atoms with Gasteiger partial charge < -0.3 is 20.1 Å². The first-order valence-corrected chi connectivity index (χ1v) is 9.04. The van der Waals surface area contributed by atoms with Gasteiger partial charge in [-0.2, -0.15) is 0 Å². The molecular formula is C19H26N4O4. The Morgan fingerprint density at radius 2 is 1.81 bits per heavy atom. The lowest BCUT2D eigenvalue weighted by Gasteiger charge is -2.33. The molecule has 0 aliphatic carbocycles. The number of hydrogen-bond donors (Lipinski definition) is 2. The summed E-state index contributed by atoms with van der Waals surface area (Å²) in [5.41, 5.74) is 0.983. The number of hydrogen-bond acceptors (Lipinski definition) is 6. The van der Waals surface area contributed by atoms with Crippen LogP contribution in [0.15, 0.2) is 30.0 Å². The fourth-order valence-corrected chi connectivity index (χ4v) is 3.20. The minimum Gasteiger partial charge on any atom is -0.497 e. The van der Waals surface area contributed by atoms with Gasteiger partial charge in [0.05, 0.1) is 19.8 Å². The van der Waals surface area contributed by atoms with Crippen LogP contribution in [0.2, 0.25) is 0 Å². The highest BCUT2D eigenvalue weighted by Crippen LogP contribution is 2.17. The molecule has 8 nitrogen and oxygen atoms in total. The van der Waals surface area contributed by atoms with Gasteiger partial charge in [0.1, 0.15) is 11.4 Å². The highest BCUT2D eigenvalue weighted by Gasteiger charge is 2.35. The number of urea groups is 1. The van der Waals surface area contributed by atoms with E-state index < -0.39 is 18.0 Å². The normalized spacial score (nSPS) is 21.6. The minimum atomic E-state index is -0.775. The third kappa shape index (κ3) is 4.85. The number of β-amino-alcohol motifs (C(OH)–C–C–N with tert-alkyl or cyclic N) is 1. The molecule has 0 aromatic heterocycles. The molecule has 2 N–H and O–H groups in total. The Kier molecular flexibility index (Phi) is 6.10. The van der Waals surface area contributed by atoms with Crippen molar-refractivity contribution in [2.45, 2.75) is 6.10 Å². The number of carbonyl (C=O) groups excluding carboxylic acids is 2. The van der Waals surface area contributed by atoms with Crippen LogP contribution in [0.4, 0.5) is 4.79 Å². The number of benzene rings is 1. The topological polar surface area (TPSA) is 85.3 Å². The molecule has 27 heavy (non-hydrogen) atoms. The van der Waals surface area contributed by atoms with Crippen molar-refractivity contribution in [2.75, 3.05) is 53.4 Å². The lowest BCUT2D eigenvalue weighted by Crippen LogP contribution is -2.49. The van der Waals surface area contributed by atoms with Crippen LogP contribution in [0.25, 0.3) is 6.08 Å². The number of nitrogens with one attached hydrogen (secondary N) is 1. The van der Waals surface area contributed by atoms with Crippen LogP contribution in [0.5, 0.6) is 5.75 Å². The molecule has 0 saturated carbocycles. The van der Waals surface area contributed by atoms with Crippen molar-refractivity contribution in [1.82, 2.24) is 20.0 Å². The second kappa shape index (κ2) is 8.51. The molecule has 0 spiro atoms. The molecule has 1 atom stereocenters. The minimum absolute atomic E-state index is 0.0169. The van der Waals surface area contributed by atoms with Gasteiger partial charge in [0, 0.05) is 32.7 Å². The number of methoxy groups -OCH3 is 1. The van der Waals surface area contributed by atoms with Crippen LogP contribution >= 0.6 is 0 Å². The smallest absolute Gasteiger partial charge is 0.329 e. The summed E-state index contributed by atoms with van der Waals surface area (Å²) in [6.07, 6.45) is 0.843. The van der Waals surface area contributed by atoms with E-state index in [4.69, 9.17) is 4.74 Å². The highest BCUT2D eigenvalue weighted by atomic mass is 16.5. The average Bonchev–Trinajstić information content (AvgIpc) is 2.91. The molecule has 2 fully saturated rings. The monoisotopic (exact) mass is 374 g/mol. The van der Waals surface area contributed by atoms with Crippen molar-refractivity contribution >= 4 is 18.0 Å². The van der Waals surface area contributed by atoms with Gasteiger partial charge in [0.25, 0.3) is 5.91 Å². The zero-order valence-electron chi connectivity index (χ0n) is 15.7. The van der Waals surface area contributed by atoms with E-state index in [0.29, 0.717) is 12.3 Å². The standard InChI is InChI=1S/C19H26N4O4/c1-21-7-9-22(10-8-21)12-15(24)13-23-18(25)17(20-19(23)26)11-14-3-5-16(27-2)6-4-14/h3-6,11,15,24H,7-10,12-13H2,1-2H3,(H,20,26)/b17-11-. The Morgan fingerprint density at radius 1 is 1.15 bits per heavy atom. The van der Waals surface area contributed by atoms with Crippen LogP contribution in [0, 0.1) is 0 Å². The summed E-state index contributed by atoms with van der Waals surface area (Å²) in [6.45, 7) is 4.07. The zero-order chi connectivity index (χ0) is 19.4. The van der Waals surface area contributed by atoms with E-state index in [2.05, 4.69) is 22.2 Å². The number of ether oxygens (including phenoxy) is 1. The second-order valence-electron chi connectivity index (χ2n) is 6.93. The van der Waals surface area contributed by atoms with Gasteiger partial charge in [-0.15, -0.1) is 0 Å². The molecule has 1 aromatic rings. The van der Waals surface area contributed by atoms with Crippen molar-refractivity contribution in [2.24, 2.45) is 0 Å². The Bertz CT molecular complexity index is 711. The molecule has 2 saturated heterocycles. The molecule has 2 heterocycles. The molecule has 8 heteroatoms. The quantitative estimate of drug-likeness (QED) is 0.546. The lowest BCUT2D eigenvalue weighted by atomic mass is 10.2. The van der Waals surface area contributed by atoms with Gasteiger partial charge in [0.15, 0.2) is 0 Å². The predicted octanol–water partition coefficient (Wildman–Crippen LogP) is 0.196. The first kappa shape index (κ1) is 19.3. The molecule has 0 bridgehead atoms. The number of piperazine rings is 1. The first-order valence-electron chi connectivity index (χ1n) is 9.04. The maximum Gasteiger partial charge on any atom is 0.329 e. The van der Waals surface area contributed by atoms with Gasteiger partial charge in [0.2, 0.25) is 0 Å². The summed E-state index contributed by atoms with van der Waals surface area (Å²) in [6, 6.07) is 6.67. The largest absolute Gasteiger partial charge is 0.497 e. The summed E-state index contributed by atoms with van der Waals surface area (Å²) in [4.78, 5) is 30.1. The number of nitrogens with zero attached hydrogens (tertiary/aromatic N) is 3. The number of imide groups is 1. The average molecular weight is 374 g/mol. The summed E-state index contributed by atoms with van der Waals surface area (Å²) < 4.78 is 5.11. The SMILES string of the molecule is COc1ccc(/C=C2\NC(=O)N(CC(O)CN3CCN(C)CC3)C2=O)cc1. The molecule has 146 valence electrons. The van der Waals surface area contributed by atoms with E-state index in [1.165, 1.54) is 0 Å². The Morgan fingerprint density at radius 3 is 2.44 bits per heavy atom. The Labute approximate surface area is 159 Å². The van der Waals surface area contributed by atoms with E-state index in [-0.39, 0.29) is 12.2 Å². The number of likely N-dealkylation sites (N-methyl/N-ethyl adjacent to an activating group) is 1.